The van der Waals surface area contributed by atoms with E-state index in [1.807, 2.05) is 0 Å². The summed E-state index contributed by atoms with van der Waals surface area (Å²) in [7, 11) is -3.36. The highest BCUT2D eigenvalue weighted by molar-refractivity contribution is 7.92. The Balaban J connectivity index is 1.90. The van der Waals surface area contributed by atoms with Crippen LogP contribution in [0, 0.1) is 5.82 Å². The summed E-state index contributed by atoms with van der Waals surface area (Å²) in [5.74, 6) is -0.561. The molecule has 2 aromatic rings. The van der Waals surface area contributed by atoms with Crippen LogP contribution in [0.1, 0.15) is 36.9 Å². The highest BCUT2D eigenvalue weighted by atomic mass is 32.2. The van der Waals surface area contributed by atoms with Gasteiger partial charge in [-0.25, -0.2) is 17.8 Å². The average Bonchev–Trinajstić information content (AvgIpc) is 3.06. The monoisotopic (exact) mass is 389 g/mol. The van der Waals surface area contributed by atoms with Gasteiger partial charge in [-0.1, -0.05) is 37.3 Å². The predicted molar refractivity (Wildman–Crippen MR) is 102 cm³/mol. The van der Waals surface area contributed by atoms with Gasteiger partial charge < -0.3 is 0 Å². The molecule has 1 N–H and O–H groups in total. The van der Waals surface area contributed by atoms with Crippen molar-refractivity contribution < 1.29 is 17.6 Å². The van der Waals surface area contributed by atoms with Crippen LogP contribution in [0.15, 0.2) is 53.6 Å². The fraction of sp³-hybridized carbons (Fsp3) is 0.263. The Morgan fingerprint density at radius 3 is 2.48 bits per heavy atom. The number of benzene rings is 2. The molecule has 6 nitrogen and oxygen atoms in total. The molecular formula is C19H20FN3O3S. The van der Waals surface area contributed by atoms with E-state index in [0.29, 0.717) is 23.4 Å². The number of halogens is 1. The van der Waals surface area contributed by atoms with Gasteiger partial charge in [-0.3, -0.25) is 9.52 Å². The van der Waals surface area contributed by atoms with E-state index in [2.05, 4.69) is 9.82 Å². The number of hydrazone groups is 1. The highest BCUT2D eigenvalue weighted by Gasteiger charge is 2.33. The SMILES string of the molecule is CCC(=O)N1N=C(c2ccc(NS(C)(=O)=O)cc2)C[C@@H]1c1ccccc1F. The van der Waals surface area contributed by atoms with Crippen LogP contribution in [0.3, 0.4) is 0 Å². The number of nitrogens with one attached hydrogen (secondary N) is 1. The molecule has 1 aliphatic heterocycles. The summed E-state index contributed by atoms with van der Waals surface area (Å²) in [5.41, 5.74) is 2.26. The van der Waals surface area contributed by atoms with Gasteiger partial charge in [0, 0.05) is 24.1 Å². The first-order chi connectivity index (χ1) is 12.8. The predicted octanol–water partition coefficient (Wildman–Crippen LogP) is 3.28. The molecule has 142 valence electrons. The lowest BCUT2D eigenvalue weighted by Crippen LogP contribution is -2.26. The summed E-state index contributed by atoms with van der Waals surface area (Å²) in [5, 5.41) is 5.77. The molecule has 1 heterocycles. The first-order valence-electron chi connectivity index (χ1n) is 8.50. The molecule has 0 bridgehead atoms. The van der Waals surface area contributed by atoms with Crippen LogP contribution in [0.5, 0.6) is 0 Å². The largest absolute Gasteiger partial charge is 0.284 e. The van der Waals surface area contributed by atoms with Crippen LogP contribution in [0.2, 0.25) is 0 Å². The number of anilines is 1. The van der Waals surface area contributed by atoms with Gasteiger partial charge in [0.15, 0.2) is 0 Å². The second-order valence-electron chi connectivity index (χ2n) is 6.33. The number of rotatable bonds is 5. The van der Waals surface area contributed by atoms with Crippen molar-refractivity contribution in [2.75, 3.05) is 11.0 Å². The molecule has 0 saturated heterocycles. The number of carbonyl (C=O) groups is 1. The number of hydrogen-bond donors (Lipinski definition) is 1. The quantitative estimate of drug-likeness (QED) is 0.852. The molecule has 27 heavy (non-hydrogen) atoms. The molecular weight excluding hydrogens is 369 g/mol. The van der Waals surface area contributed by atoms with Crippen molar-refractivity contribution in [2.24, 2.45) is 5.10 Å². The molecule has 0 radical (unpaired) electrons. The zero-order valence-electron chi connectivity index (χ0n) is 15.0. The van der Waals surface area contributed by atoms with Crippen LogP contribution in [0.25, 0.3) is 0 Å². The summed E-state index contributed by atoms with van der Waals surface area (Å²) in [6, 6.07) is 12.6. The number of hydrogen-bond acceptors (Lipinski definition) is 4. The van der Waals surface area contributed by atoms with Crippen LogP contribution >= 0.6 is 0 Å². The third kappa shape index (κ3) is 4.33. The van der Waals surface area contributed by atoms with E-state index in [1.165, 1.54) is 11.1 Å². The minimum Gasteiger partial charge on any atom is -0.284 e. The Kier molecular flexibility index (Phi) is 5.27. The summed E-state index contributed by atoms with van der Waals surface area (Å²) >= 11 is 0. The van der Waals surface area contributed by atoms with Crippen molar-refractivity contribution in [3.05, 3.63) is 65.5 Å². The third-order valence-electron chi connectivity index (χ3n) is 4.25. The lowest BCUT2D eigenvalue weighted by Gasteiger charge is -2.21. The van der Waals surface area contributed by atoms with Crippen molar-refractivity contribution >= 4 is 27.3 Å². The van der Waals surface area contributed by atoms with E-state index in [9.17, 15) is 17.6 Å². The number of carbonyl (C=O) groups excluding carboxylic acids is 1. The summed E-state index contributed by atoms with van der Waals surface area (Å²) in [6.07, 6.45) is 1.72. The van der Waals surface area contributed by atoms with Crippen molar-refractivity contribution in [1.82, 2.24) is 5.01 Å². The highest BCUT2D eigenvalue weighted by Crippen LogP contribution is 2.34. The molecule has 0 aliphatic carbocycles. The molecule has 0 aromatic heterocycles. The standard InChI is InChI=1S/C19H20FN3O3S/c1-3-19(24)23-18(15-6-4-5-7-16(15)20)12-17(21-23)13-8-10-14(11-9-13)22-27(2,25)26/h4-11,18,22H,3,12H2,1-2H3/t18-/m1/s1. The van der Waals surface area contributed by atoms with Gasteiger partial charge in [-0.05, 0) is 23.8 Å². The maximum atomic E-state index is 14.3. The van der Waals surface area contributed by atoms with E-state index in [-0.39, 0.29) is 18.1 Å². The Morgan fingerprint density at radius 2 is 1.89 bits per heavy atom. The lowest BCUT2D eigenvalue weighted by molar-refractivity contribution is -0.132. The van der Waals surface area contributed by atoms with Gasteiger partial charge in [-0.2, -0.15) is 5.10 Å². The fourth-order valence-electron chi connectivity index (χ4n) is 3.01. The minimum absolute atomic E-state index is 0.186. The van der Waals surface area contributed by atoms with E-state index < -0.39 is 16.1 Å². The molecule has 0 fully saturated rings. The summed E-state index contributed by atoms with van der Waals surface area (Å²) in [4.78, 5) is 12.3. The van der Waals surface area contributed by atoms with Crippen LogP contribution in [0.4, 0.5) is 10.1 Å². The average molecular weight is 389 g/mol. The van der Waals surface area contributed by atoms with E-state index in [1.54, 1.807) is 49.4 Å². The molecule has 1 atom stereocenters. The first kappa shape index (κ1) is 19.0. The molecule has 0 spiro atoms. The van der Waals surface area contributed by atoms with Crippen LogP contribution in [-0.4, -0.2) is 31.3 Å². The Labute approximate surface area is 157 Å². The zero-order valence-corrected chi connectivity index (χ0v) is 15.8. The molecule has 2 aromatic carbocycles. The van der Waals surface area contributed by atoms with Gasteiger partial charge in [0.2, 0.25) is 15.9 Å². The Bertz CT molecular complexity index is 988. The summed E-state index contributed by atoms with van der Waals surface area (Å²) in [6.45, 7) is 1.74. The smallest absolute Gasteiger partial charge is 0.242 e. The van der Waals surface area contributed by atoms with Gasteiger partial charge in [0.1, 0.15) is 5.82 Å². The molecule has 0 saturated carbocycles. The molecule has 1 amide bonds. The molecule has 0 unspecified atom stereocenters. The lowest BCUT2D eigenvalue weighted by atomic mass is 9.98. The minimum atomic E-state index is -3.36. The summed E-state index contributed by atoms with van der Waals surface area (Å²) < 4.78 is 39.3. The van der Waals surface area contributed by atoms with Gasteiger partial charge in [0.25, 0.3) is 0 Å². The van der Waals surface area contributed by atoms with Gasteiger partial charge in [-0.15, -0.1) is 0 Å². The normalized spacial score (nSPS) is 16.9. The maximum Gasteiger partial charge on any atom is 0.242 e. The Morgan fingerprint density at radius 1 is 1.22 bits per heavy atom. The second-order valence-corrected chi connectivity index (χ2v) is 8.08. The van der Waals surface area contributed by atoms with E-state index >= 15 is 0 Å². The van der Waals surface area contributed by atoms with Crippen molar-refractivity contribution in [3.63, 3.8) is 0 Å². The molecule has 3 rings (SSSR count). The van der Waals surface area contributed by atoms with Crippen molar-refractivity contribution in [1.29, 1.82) is 0 Å². The van der Waals surface area contributed by atoms with Crippen molar-refractivity contribution in [3.8, 4) is 0 Å². The zero-order chi connectivity index (χ0) is 19.6. The second kappa shape index (κ2) is 7.48. The molecule has 1 aliphatic rings. The number of sulfonamides is 1. The fourth-order valence-corrected chi connectivity index (χ4v) is 3.57. The topological polar surface area (TPSA) is 78.8 Å². The number of nitrogens with zero attached hydrogens (tertiary/aromatic N) is 2. The maximum absolute atomic E-state index is 14.3. The van der Waals surface area contributed by atoms with E-state index in [0.717, 1.165) is 11.8 Å². The van der Waals surface area contributed by atoms with Crippen molar-refractivity contribution in [2.45, 2.75) is 25.8 Å². The third-order valence-corrected chi connectivity index (χ3v) is 4.86. The molecule has 8 heteroatoms. The van der Waals surface area contributed by atoms with Crippen LogP contribution in [-0.2, 0) is 14.8 Å². The van der Waals surface area contributed by atoms with Gasteiger partial charge >= 0.3 is 0 Å². The Hall–Kier alpha value is -2.74. The first-order valence-corrected chi connectivity index (χ1v) is 10.4. The van der Waals surface area contributed by atoms with Gasteiger partial charge in [0.05, 0.1) is 18.0 Å². The van der Waals surface area contributed by atoms with E-state index in [4.69, 9.17) is 0 Å². The van der Waals surface area contributed by atoms with Crippen LogP contribution < -0.4 is 4.72 Å². The number of amides is 1.